The van der Waals surface area contributed by atoms with Crippen molar-refractivity contribution in [3.63, 3.8) is 0 Å². The van der Waals surface area contributed by atoms with Gasteiger partial charge in [0.15, 0.2) is 17.3 Å². The van der Waals surface area contributed by atoms with Gasteiger partial charge in [-0.3, -0.25) is 19.2 Å². The largest absolute Gasteiger partial charge is 0.507 e. The first-order valence-electron chi connectivity index (χ1n) is 11.2. The van der Waals surface area contributed by atoms with Crippen LogP contribution in [0.3, 0.4) is 0 Å². The van der Waals surface area contributed by atoms with E-state index in [4.69, 9.17) is 9.47 Å². The minimum absolute atomic E-state index is 0.0144. The van der Waals surface area contributed by atoms with Crippen molar-refractivity contribution in [1.82, 2.24) is 5.32 Å². The quantitative estimate of drug-likeness (QED) is 0.635. The molecule has 0 bridgehead atoms. The predicted octanol–water partition coefficient (Wildman–Crippen LogP) is 3.15. The Balaban J connectivity index is 1.81. The minimum atomic E-state index is -1.60. The number of aryl methyl sites for hydroxylation is 2. The van der Waals surface area contributed by atoms with Crippen LogP contribution < -0.4 is 14.8 Å². The molecule has 0 spiro atoms. The van der Waals surface area contributed by atoms with Gasteiger partial charge >= 0.3 is 0 Å². The summed E-state index contributed by atoms with van der Waals surface area (Å²) in [5.74, 6) is -4.43. The van der Waals surface area contributed by atoms with E-state index in [0.29, 0.717) is 0 Å². The fourth-order valence-electron chi connectivity index (χ4n) is 4.89. The molecule has 35 heavy (non-hydrogen) atoms. The number of hydrogen-bond donors (Lipinski definition) is 2. The molecule has 0 saturated heterocycles. The van der Waals surface area contributed by atoms with E-state index in [1.54, 1.807) is 0 Å². The smallest absolute Gasteiger partial charge is 0.259 e. The Morgan fingerprint density at radius 1 is 1.17 bits per heavy atom. The number of rotatable bonds is 5. The second kappa shape index (κ2) is 8.37. The number of phenols is 1. The maximum atomic E-state index is 13.4. The molecule has 0 aromatic heterocycles. The standard InChI is InChI=1S/C27H27NO7/c1-12-7-8-13(2)16(14(12)3)11-28-26(33)22-19(34-6)9-18(31)23-24(22)35-20-10-17(30)21(15(4)29)25(32)27(20,23)5/h7-10,21,31H,11H2,1-6H3,(H,28,33)/t21?,27-/m1/s1. The van der Waals surface area contributed by atoms with Gasteiger partial charge in [0.25, 0.3) is 5.91 Å². The molecule has 0 saturated carbocycles. The highest BCUT2D eigenvalue weighted by atomic mass is 16.5. The molecule has 1 heterocycles. The fraction of sp³-hybridized carbons (Fsp3) is 0.333. The lowest BCUT2D eigenvalue weighted by Crippen LogP contribution is -2.47. The minimum Gasteiger partial charge on any atom is -0.507 e. The number of amides is 1. The van der Waals surface area contributed by atoms with Crippen LogP contribution in [0, 0.1) is 26.7 Å². The molecule has 0 fully saturated rings. The zero-order valence-corrected chi connectivity index (χ0v) is 20.5. The summed E-state index contributed by atoms with van der Waals surface area (Å²) in [6.07, 6.45) is 1.10. The summed E-state index contributed by atoms with van der Waals surface area (Å²) in [7, 11) is 1.34. The molecular formula is C27H27NO7. The summed E-state index contributed by atoms with van der Waals surface area (Å²) in [6.45, 7) is 8.82. The number of carbonyl (C=O) groups excluding carboxylic acids is 4. The van der Waals surface area contributed by atoms with Crippen molar-refractivity contribution in [2.45, 2.75) is 46.6 Å². The lowest BCUT2D eigenvalue weighted by Gasteiger charge is -2.30. The third-order valence-electron chi connectivity index (χ3n) is 7.12. The Labute approximate surface area is 202 Å². The van der Waals surface area contributed by atoms with Gasteiger partial charge in [0.2, 0.25) is 0 Å². The van der Waals surface area contributed by atoms with Crippen molar-refractivity contribution >= 4 is 23.3 Å². The Hall–Kier alpha value is -3.94. The highest BCUT2D eigenvalue weighted by Gasteiger charge is 2.58. The van der Waals surface area contributed by atoms with Gasteiger partial charge in [-0.05, 0) is 56.9 Å². The van der Waals surface area contributed by atoms with Gasteiger partial charge < -0.3 is 19.9 Å². The predicted molar refractivity (Wildman–Crippen MR) is 127 cm³/mol. The third kappa shape index (κ3) is 3.51. The van der Waals surface area contributed by atoms with E-state index in [2.05, 4.69) is 5.32 Å². The monoisotopic (exact) mass is 477 g/mol. The Morgan fingerprint density at radius 3 is 2.46 bits per heavy atom. The maximum Gasteiger partial charge on any atom is 0.259 e. The number of hydrogen-bond acceptors (Lipinski definition) is 7. The van der Waals surface area contributed by atoms with E-state index in [1.807, 2.05) is 32.9 Å². The number of nitrogens with one attached hydrogen (secondary N) is 1. The van der Waals surface area contributed by atoms with E-state index in [0.717, 1.165) is 28.3 Å². The molecule has 2 aliphatic rings. The zero-order valence-electron chi connectivity index (χ0n) is 20.5. The van der Waals surface area contributed by atoms with Gasteiger partial charge in [0.05, 0.1) is 12.7 Å². The number of methoxy groups -OCH3 is 1. The van der Waals surface area contributed by atoms with Crippen molar-refractivity contribution in [3.8, 4) is 17.2 Å². The van der Waals surface area contributed by atoms with Gasteiger partial charge in [-0.1, -0.05) is 12.1 Å². The molecule has 1 unspecified atom stereocenters. The molecule has 8 nitrogen and oxygen atoms in total. The Kier molecular flexibility index (Phi) is 5.79. The van der Waals surface area contributed by atoms with E-state index in [-0.39, 0.29) is 40.7 Å². The molecule has 2 aromatic rings. The Bertz CT molecular complexity index is 1350. The average Bonchev–Trinajstić information content (AvgIpc) is 3.09. The molecule has 4 rings (SSSR count). The number of benzene rings is 2. The molecular weight excluding hydrogens is 450 g/mol. The Morgan fingerprint density at radius 2 is 1.83 bits per heavy atom. The number of carbonyl (C=O) groups is 4. The number of phenolic OH excluding ortho intramolecular Hbond substituents is 1. The summed E-state index contributed by atoms with van der Waals surface area (Å²) in [4.78, 5) is 51.3. The summed E-state index contributed by atoms with van der Waals surface area (Å²) in [6, 6.07) is 5.24. The molecule has 2 atom stereocenters. The van der Waals surface area contributed by atoms with Crippen LogP contribution in [0.5, 0.6) is 17.2 Å². The topological polar surface area (TPSA) is 119 Å². The summed E-state index contributed by atoms with van der Waals surface area (Å²) in [5, 5.41) is 13.7. The van der Waals surface area contributed by atoms with E-state index in [1.165, 1.54) is 27.0 Å². The zero-order chi connectivity index (χ0) is 25.8. The van der Waals surface area contributed by atoms with Crippen molar-refractivity contribution < 1.29 is 33.8 Å². The average molecular weight is 478 g/mol. The van der Waals surface area contributed by atoms with Crippen molar-refractivity contribution in [3.05, 3.63) is 63.4 Å². The number of aromatic hydroxyl groups is 1. The maximum absolute atomic E-state index is 13.4. The van der Waals surface area contributed by atoms with Crippen molar-refractivity contribution in [2.24, 2.45) is 5.92 Å². The molecule has 1 amide bonds. The van der Waals surface area contributed by atoms with Gasteiger partial charge in [0, 0.05) is 18.7 Å². The number of Topliss-reactive ketones (excluding diaryl/α,β-unsaturated/α-hetero) is 2. The summed E-state index contributed by atoms with van der Waals surface area (Å²) < 4.78 is 11.2. The third-order valence-corrected chi connectivity index (χ3v) is 7.12. The van der Waals surface area contributed by atoms with E-state index < -0.39 is 34.6 Å². The van der Waals surface area contributed by atoms with E-state index in [9.17, 15) is 24.3 Å². The van der Waals surface area contributed by atoms with Crippen molar-refractivity contribution in [1.29, 1.82) is 0 Å². The van der Waals surface area contributed by atoms with Crippen LogP contribution in [0.2, 0.25) is 0 Å². The first-order valence-corrected chi connectivity index (χ1v) is 11.2. The van der Waals surface area contributed by atoms with Crippen LogP contribution in [-0.4, -0.2) is 35.5 Å². The number of fused-ring (bicyclic) bond motifs is 3. The first kappa shape index (κ1) is 24.2. The second-order valence-electron chi connectivity index (χ2n) is 9.21. The van der Waals surface area contributed by atoms with E-state index >= 15 is 0 Å². The lowest BCUT2D eigenvalue weighted by atomic mass is 9.67. The van der Waals surface area contributed by atoms with Crippen LogP contribution >= 0.6 is 0 Å². The summed E-state index contributed by atoms with van der Waals surface area (Å²) >= 11 is 0. The SMILES string of the molecule is COc1cc(O)c2c(c1C(=O)NCc1c(C)ccc(C)c1C)OC1=CC(=O)C(C(C)=O)C(=O)[C@]12C. The normalized spacial score (nSPS) is 20.5. The molecule has 1 aliphatic carbocycles. The van der Waals surface area contributed by atoms with Crippen LogP contribution in [0.4, 0.5) is 0 Å². The van der Waals surface area contributed by atoms with Gasteiger partial charge in [-0.2, -0.15) is 0 Å². The van der Waals surface area contributed by atoms with Gasteiger partial charge in [-0.25, -0.2) is 0 Å². The van der Waals surface area contributed by atoms with Gasteiger partial charge in [-0.15, -0.1) is 0 Å². The first-order chi connectivity index (χ1) is 16.4. The number of allylic oxidation sites excluding steroid dienone is 2. The molecule has 182 valence electrons. The second-order valence-corrected chi connectivity index (χ2v) is 9.21. The molecule has 0 radical (unpaired) electrons. The van der Waals surface area contributed by atoms with Crippen LogP contribution in [0.1, 0.15) is 52.0 Å². The lowest BCUT2D eigenvalue weighted by molar-refractivity contribution is -0.140. The molecule has 2 N–H and O–H groups in total. The fourth-order valence-corrected chi connectivity index (χ4v) is 4.89. The van der Waals surface area contributed by atoms with Crippen LogP contribution in [0.15, 0.2) is 30.0 Å². The highest BCUT2D eigenvalue weighted by Crippen LogP contribution is 2.56. The summed E-state index contributed by atoms with van der Waals surface area (Å²) in [5.41, 5.74) is 2.57. The number of ether oxygens (including phenoxy) is 2. The van der Waals surface area contributed by atoms with Crippen LogP contribution in [-0.2, 0) is 26.3 Å². The highest BCUT2D eigenvalue weighted by molar-refractivity contribution is 6.27. The van der Waals surface area contributed by atoms with Crippen molar-refractivity contribution in [2.75, 3.05) is 7.11 Å². The molecule has 1 aliphatic heterocycles. The van der Waals surface area contributed by atoms with Gasteiger partial charge in [0.1, 0.15) is 39.9 Å². The molecule has 8 heteroatoms. The van der Waals surface area contributed by atoms with Crippen LogP contribution in [0.25, 0.3) is 0 Å². The number of ketones is 3. The molecule has 2 aromatic carbocycles.